The summed E-state index contributed by atoms with van der Waals surface area (Å²) in [6.45, 7) is 8.00. The molecular weight excluding hydrogens is 202 g/mol. The summed E-state index contributed by atoms with van der Waals surface area (Å²) < 4.78 is 0. The summed E-state index contributed by atoms with van der Waals surface area (Å²) in [5, 5.41) is 4.59. The van der Waals surface area contributed by atoms with Gasteiger partial charge in [-0.15, -0.1) is 0 Å². The van der Waals surface area contributed by atoms with E-state index in [1.165, 1.54) is 50.8 Å². The molecule has 1 saturated carbocycles. The third kappa shape index (κ3) is 5.82. The Labute approximate surface area is 99.8 Å². The molecule has 0 aromatic carbocycles. The van der Waals surface area contributed by atoms with Crippen LogP contribution >= 0.6 is 11.8 Å². The fourth-order valence-electron chi connectivity index (χ4n) is 1.97. The molecule has 0 atom stereocenters. The van der Waals surface area contributed by atoms with Crippen molar-refractivity contribution in [3.05, 3.63) is 0 Å². The molecule has 0 saturated heterocycles. The topological polar surface area (TPSA) is 12.0 Å². The Kier molecular flexibility index (Phi) is 6.06. The first-order valence-corrected chi connectivity index (χ1v) is 7.55. The fourth-order valence-corrected chi connectivity index (χ4v) is 3.19. The number of rotatable bonds is 6. The van der Waals surface area contributed by atoms with Crippen molar-refractivity contribution >= 4 is 11.8 Å². The summed E-state index contributed by atoms with van der Waals surface area (Å²) in [5.74, 6) is 1.29. The van der Waals surface area contributed by atoms with Crippen LogP contribution < -0.4 is 5.32 Å². The van der Waals surface area contributed by atoms with Gasteiger partial charge >= 0.3 is 0 Å². The third-order valence-corrected chi connectivity index (χ3v) is 4.88. The Bertz CT molecular complexity index is 162. The van der Waals surface area contributed by atoms with Gasteiger partial charge in [-0.05, 0) is 33.1 Å². The van der Waals surface area contributed by atoms with Crippen molar-refractivity contribution in [2.45, 2.75) is 70.1 Å². The average Bonchev–Trinajstić information content (AvgIpc) is 2.26. The molecule has 0 aliphatic heterocycles. The van der Waals surface area contributed by atoms with Crippen LogP contribution in [0.4, 0.5) is 0 Å². The Morgan fingerprint density at radius 2 is 1.87 bits per heavy atom. The zero-order valence-electron chi connectivity index (χ0n) is 10.6. The number of hydrogen-bond donors (Lipinski definition) is 1. The van der Waals surface area contributed by atoms with Crippen LogP contribution in [0.5, 0.6) is 0 Å². The summed E-state index contributed by atoms with van der Waals surface area (Å²) in [6, 6.07) is 0. The van der Waals surface area contributed by atoms with Crippen LogP contribution in [0.2, 0.25) is 0 Å². The van der Waals surface area contributed by atoms with E-state index < -0.39 is 0 Å². The van der Waals surface area contributed by atoms with E-state index in [4.69, 9.17) is 0 Å². The van der Waals surface area contributed by atoms with Gasteiger partial charge in [-0.2, -0.15) is 11.8 Å². The van der Waals surface area contributed by atoms with Gasteiger partial charge in [-0.25, -0.2) is 0 Å². The summed E-state index contributed by atoms with van der Waals surface area (Å²) >= 11 is 2.19. The Hall–Kier alpha value is 0.310. The van der Waals surface area contributed by atoms with E-state index in [0.717, 1.165) is 5.25 Å². The van der Waals surface area contributed by atoms with Gasteiger partial charge in [-0.3, -0.25) is 0 Å². The van der Waals surface area contributed by atoms with Crippen LogP contribution in [0, 0.1) is 0 Å². The van der Waals surface area contributed by atoms with E-state index in [1.807, 2.05) is 0 Å². The molecule has 0 spiro atoms. The predicted octanol–water partition coefficient (Wildman–Crippen LogP) is 3.83. The van der Waals surface area contributed by atoms with Crippen LogP contribution in [0.3, 0.4) is 0 Å². The minimum Gasteiger partial charge on any atom is -0.311 e. The fraction of sp³-hybridized carbons (Fsp3) is 1.00. The van der Waals surface area contributed by atoms with Gasteiger partial charge in [0.1, 0.15) is 0 Å². The average molecular weight is 229 g/mol. The molecule has 0 bridgehead atoms. The highest BCUT2D eigenvalue weighted by Gasteiger charge is 2.15. The lowest BCUT2D eigenvalue weighted by Crippen LogP contribution is -2.39. The SMILES string of the molecule is CCC(C)(C)NCCSC1CCCCC1. The summed E-state index contributed by atoms with van der Waals surface area (Å²) in [5.41, 5.74) is 0.327. The van der Waals surface area contributed by atoms with Crippen LogP contribution in [0.25, 0.3) is 0 Å². The molecule has 1 aliphatic carbocycles. The Morgan fingerprint density at radius 1 is 1.20 bits per heavy atom. The Morgan fingerprint density at radius 3 is 2.47 bits per heavy atom. The normalized spacial score (nSPS) is 19.4. The van der Waals surface area contributed by atoms with Gasteiger partial charge in [-0.1, -0.05) is 26.2 Å². The quantitative estimate of drug-likeness (QED) is 0.695. The molecule has 0 radical (unpaired) electrons. The Balaban J connectivity index is 2.00. The maximum atomic E-state index is 3.63. The third-order valence-electron chi connectivity index (χ3n) is 3.50. The molecule has 0 unspecified atom stereocenters. The first-order valence-electron chi connectivity index (χ1n) is 6.51. The lowest BCUT2D eigenvalue weighted by molar-refractivity contribution is 0.388. The van der Waals surface area contributed by atoms with E-state index in [-0.39, 0.29) is 0 Å². The molecule has 2 heteroatoms. The van der Waals surface area contributed by atoms with Crippen molar-refractivity contribution < 1.29 is 0 Å². The minimum atomic E-state index is 0.327. The monoisotopic (exact) mass is 229 g/mol. The second-order valence-electron chi connectivity index (χ2n) is 5.30. The van der Waals surface area contributed by atoms with Crippen molar-refractivity contribution in [2.24, 2.45) is 0 Å². The number of thioether (sulfide) groups is 1. The molecular formula is C13H27NS. The highest BCUT2D eigenvalue weighted by molar-refractivity contribution is 7.99. The van der Waals surface area contributed by atoms with Gasteiger partial charge in [0.25, 0.3) is 0 Å². The first kappa shape index (κ1) is 13.4. The smallest absolute Gasteiger partial charge is 0.0122 e. The van der Waals surface area contributed by atoms with Crippen LogP contribution in [0.1, 0.15) is 59.3 Å². The minimum absolute atomic E-state index is 0.327. The standard InChI is InChI=1S/C13H27NS/c1-4-13(2,3)14-10-11-15-12-8-6-5-7-9-12/h12,14H,4-11H2,1-3H3. The molecule has 90 valence electrons. The van der Waals surface area contributed by atoms with Crippen molar-refractivity contribution in [3.8, 4) is 0 Å². The van der Waals surface area contributed by atoms with Gasteiger partial charge in [0.15, 0.2) is 0 Å². The van der Waals surface area contributed by atoms with E-state index >= 15 is 0 Å². The lowest BCUT2D eigenvalue weighted by atomic mass is 10.0. The van der Waals surface area contributed by atoms with Crippen LogP contribution in [-0.2, 0) is 0 Å². The van der Waals surface area contributed by atoms with E-state index in [2.05, 4.69) is 37.8 Å². The van der Waals surface area contributed by atoms with Crippen molar-refractivity contribution in [2.75, 3.05) is 12.3 Å². The second-order valence-corrected chi connectivity index (χ2v) is 6.70. The second kappa shape index (κ2) is 6.80. The molecule has 0 amide bonds. The molecule has 0 heterocycles. The lowest BCUT2D eigenvalue weighted by Gasteiger charge is -2.26. The highest BCUT2D eigenvalue weighted by Crippen LogP contribution is 2.27. The maximum Gasteiger partial charge on any atom is 0.0122 e. The van der Waals surface area contributed by atoms with Crippen molar-refractivity contribution in [3.63, 3.8) is 0 Å². The molecule has 0 aromatic rings. The molecule has 15 heavy (non-hydrogen) atoms. The molecule has 1 aliphatic rings. The zero-order valence-corrected chi connectivity index (χ0v) is 11.5. The van der Waals surface area contributed by atoms with Crippen molar-refractivity contribution in [1.29, 1.82) is 0 Å². The highest BCUT2D eigenvalue weighted by atomic mass is 32.2. The van der Waals surface area contributed by atoms with E-state index in [1.54, 1.807) is 0 Å². The molecule has 1 N–H and O–H groups in total. The first-order chi connectivity index (χ1) is 7.14. The van der Waals surface area contributed by atoms with Crippen LogP contribution in [0.15, 0.2) is 0 Å². The molecule has 1 nitrogen and oxygen atoms in total. The predicted molar refractivity (Wildman–Crippen MR) is 71.7 cm³/mol. The summed E-state index contributed by atoms with van der Waals surface area (Å²) in [7, 11) is 0. The van der Waals surface area contributed by atoms with Gasteiger partial charge in [0.05, 0.1) is 0 Å². The maximum absolute atomic E-state index is 3.63. The zero-order chi connectivity index (χ0) is 11.1. The van der Waals surface area contributed by atoms with Gasteiger partial charge in [0.2, 0.25) is 0 Å². The largest absolute Gasteiger partial charge is 0.311 e. The summed E-state index contributed by atoms with van der Waals surface area (Å²) in [6.07, 6.45) is 8.53. The molecule has 0 aromatic heterocycles. The van der Waals surface area contributed by atoms with Gasteiger partial charge in [0, 0.05) is 23.1 Å². The number of nitrogens with one attached hydrogen (secondary N) is 1. The van der Waals surface area contributed by atoms with E-state index in [9.17, 15) is 0 Å². The van der Waals surface area contributed by atoms with Gasteiger partial charge < -0.3 is 5.32 Å². The molecule has 1 rings (SSSR count). The van der Waals surface area contributed by atoms with E-state index in [0.29, 0.717) is 5.54 Å². The molecule has 1 fully saturated rings. The summed E-state index contributed by atoms with van der Waals surface area (Å²) in [4.78, 5) is 0. The van der Waals surface area contributed by atoms with Crippen molar-refractivity contribution in [1.82, 2.24) is 5.32 Å². The van der Waals surface area contributed by atoms with Crippen LogP contribution in [-0.4, -0.2) is 23.1 Å². The number of hydrogen-bond acceptors (Lipinski definition) is 2.